The molecule has 0 spiro atoms. The van der Waals surface area contributed by atoms with Gasteiger partial charge in [-0.1, -0.05) is 61.3 Å². The average Bonchev–Trinajstić information content (AvgIpc) is 2.78. The first-order valence-electron chi connectivity index (χ1n) is 11.9. The number of rotatable bonds is 8. The molecule has 0 aromatic heterocycles. The molecule has 0 bridgehead atoms. The molecule has 0 unspecified atom stereocenters. The number of carboxylic acid groups (broad SMARTS) is 1. The van der Waals surface area contributed by atoms with Gasteiger partial charge in [-0.2, -0.15) is 13.2 Å². The summed E-state index contributed by atoms with van der Waals surface area (Å²) in [4.78, 5) is 27.2. The minimum absolute atomic E-state index is 0.105. The summed E-state index contributed by atoms with van der Waals surface area (Å²) in [5.74, 6) is -2.26. The van der Waals surface area contributed by atoms with E-state index in [2.05, 4.69) is 0 Å². The molecular formula is C27H30Cl2F3NO4. The predicted octanol–water partition coefficient (Wildman–Crippen LogP) is 7.01. The Bertz CT molecular complexity index is 1140. The number of halogens is 5. The number of benzene rings is 2. The fourth-order valence-electron chi connectivity index (χ4n) is 5.29. The molecule has 0 radical (unpaired) electrons. The third kappa shape index (κ3) is 6.24. The van der Waals surface area contributed by atoms with Gasteiger partial charge in [-0.15, -0.1) is 0 Å². The highest BCUT2D eigenvalue weighted by Gasteiger charge is 2.56. The zero-order valence-corrected chi connectivity index (χ0v) is 22.2. The van der Waals surface area contributed by atoms with Gasteiger partial charge in [-0.25, -0.2) is 0 Å². The van der Waals surface area contributed by atoms with Crippen LogP contribution < -0.4 is 0 Å². The minimum Gasteiger partial charge on any atom is -0.481 e. The minimum atomic E-state index is -4.92. The summed E-state index contributed by atoms with van der Waals surface area (Å²) in [5.41, 5.74) is -3.12. The quantitative estimate of drug-likeness (QED) is 0.364. The largest absolute Gasteiger partial charge is 0.481 e. The fraction of sp³-hybridized carbons (Fsp3) is 0.481. The van der Waals surface area contributed by atoms with Crippen molar-refractivity contribution in [3.8, 4) is 0 Å². The van der Waals surface area contributed by atoms with Gasteiger partial charge in [0.2, 0.25) is 5.91 Å². The molecule has 1 amide bonds. The summed E-state index contributed by atoms with van der Waals surface area (Å²) in [6.45, 7) is 3.85. The van der Waals surface area contributed by atoms with Gasteiger partial charge in [0.15, 0.2) is 5.60 Å². The van der Waals surface area contributed by atoms with E-state index >= 15 is 0 Å². The summed E-state index contributed by atoms with van der Waals surface area (Å²) in [5, 5.41) is 20.9. The van der Waals surface area contributed by atoms with Gasteiger partial charge in [-0.3, -0.25) is 9.59 Å². The number of hydrogen-bond donors (Lipinski definition) is 2. The Morgan fingerprint density at radius 1 is 1.14 bits per heavy atom. The molecule has 1 saturated heterocycles. The molecule has 1 heterocycles. The lowest BCUT2D eigenvalue weighted by molar-refractivity contribution is -0.259. The molecule has 0 saturated carbocycles. The Balaban J connectivity index is 2.25. The first-order valence-corrected chi connectivity index (χ1v) is 12.7. The van der Waals surface area contributed by atoms with Crippen LogP contribution in [0.25, 0.3) is 0 Å². The summed E-state index contributed by atoms with van der Waals surface area (Å²) in [7, 11) is 0. The standard InChI is InChI=1S/C27H30Cl2F3NO4/c1-4-20(13-26(3,37)27(30,31)32)33-23(16-8-10-18(28)11-9-16)21(17-6-5-7-19(29)12-17)14-25(2,24(33)36)15-22(34)35/h5-12,20-21,23,37H,4,13-15H2,1-3H3,(H,34,35)/t20-,21+,23+,25+,26+/m0/s1. The van der Waals surface area contributed by atoms with E-state index in [1.807, 2.05) is 0 Å². The molecule has 5 nitrogen and oxygen atoms in total. The highest BCUT2D eigenvalue weighted by molar-refractivity contribution is 6.30. The number of aliphatic carboxylic acids is 1. The van der Waals surface area contributed by atoms with E-state index in [9.17, 15) is 33.0 Å². The van der Waals surface area contributed by atoms with Crippen molar-refractivity contribution in [2.45, 2.75) is 76.2 Å². The summed E-state index contributed by atoms with van der Waals surface area (Å²) >= 11 is 12.4. The molecule has 202 valence electrons. The van der Waals surface area contributed by atoms with Crippen LogP contribution in [0.15, 0.2) is 48.5 Å². The van der Waals surface area contributed by atoms with Gasteiger partial charge < -0.3 is 15.1 Å². The number of carbonyl (C=O) groups is 2. The number of likely N-dealkylation sites (tertiary alicyclic amines) is 1. The van der Waals surface area contributed by atoms with Crippen molar-refractivity contribution in [1.29, 1.82) is 0 Å². The SMILES string of the molecule is CC[C@@H](C[C@@](C)(O)C(F)(F)F)N1C(=O)[C@@](C)(CC(=O)O)C[C@H](c2cccc(Cl)c2)[C@H]1c1ccc(Cl)cc1. The molecule has 2 aromatic carbocycles. The molecule has 37 heavy (non-hydrogen) atoms. The number of carboxylic acids is 1. The van der Waals surface area contributed by atoms with Crippen LogP contribution in [0.2, 0.25) is 10.0 Å². The molecular weight excluding hydrogens is 530 g/mol. The Kier molecular flexibility index (Phi) is 8.57. The van der Waals surface area contributed by atoms with Crippen LogP contribution in [0, 0.1) is 5.41 Å². The van der Waals surface area contributed by atoms with Crippen LogP contribution in [0.3, 0.4) is 0 Å². The first-order chi connectivity index (χ1) is 17.1. The van der Waals surface area contributed by atoms with Crippen LogP contribution in [0.5, 0.6) is 0 Å². The fourth-order valence-corrected chi connectivity index (χ4v) is 5.62. The van der Waals surface area contributed by atoms with E-state index in [1.54, 1.807) is 55.5 Å². The van der Waals surface area contributed by atoms with Crippen molar-refractivity contribution in [2.75, 3.05) is 0 Å². The van der Waals surface area contributed by atoms with Crippen molar-refractivity contribution < 1.29 is 33.0 Å². The lowest BCUT2D eigenvalue weighted by Gasteiger charge is -2.52. The molecule has 1 fully saturated rings. The van der Waals surface area contributed by atoms with Crippen molar-refractivity contribution in [3.63, 3.8) is 0 Å². The van der Waals surface area contributed by atoms with Crippen molar-refractivity contribution in [3.05, 3.63) is 69.7 Å². The highest BCUT2D eigenvalue weighted by atomic mass is 35.5. The number of piperidine rings is 1. The Hall–Kier alpha value is -2.29. The zero-order valence-electron chi connectivity index (χ0n) is 20.7. The maximum Gasteiger partial charge on any atom is 0.416 e. The van der Waals surface area contributed by atoms with Gasteiger partial charge >= 0.3 is 12.1 Å². The normalized spacial score (nSPS) is 25.0. The maximum atomic E-state index is 14.1. The summed E-state index contributed by atoms with van der Waals surface area (Å²) < 4.78 is 41.1. The van der Waals surface area contributed by atoms with Crippen LogP contribution in [-0.2, 0) is 9.59 Å². The second-order valence-electron chi connectivity index (χ2n) is 10.2. The molecule has 1 aliphatic heterocycles. The number of alkyl halides is 3. The summed E-state index contributed by atoms with van der Waals surface area (Å²) in [6, 6.07) is 11.8. The Morgan fingerprint density at radius 2 is 1.76 bits per heavy atom. The van der Waals surface area contributed by atoms with E-state index in [4.69, 9.17) is 23.2 Å². The van der Waals surface area contributed by atoms with Gasteiger partial charge in [0.1, 0.15) is 0 Å². The van der Waals surface area contributed by atoms with Crippen LogP contribution in [0.4, 0.5) is 13.2 Å². The lowest BCUT2D eigenvalue weighted by atomic mass is 9.66. The average molecular weight is 560 g/mol. The van der Waals surface area contributed by atoms with E-state index in [-0.39, 0.29) is 12.8 Å². The van der Waals surface area contributed by atoms with E-state index in [0.717, 1.165) is 5.56 Å². The van der Waals surface area contributed by atoms with Crippen LogP contribution in [0.1, 0.15) is 69.5 Å². The van der Waals surface area contributed by atoms with E-state index in [0.29, 0.717) is 22.5 Å². The lowest BCUT2D eigenvalue weighted by Crippen LogP contribution is -2.58. The van der Waals surface area contributed by atoms with E-state index in [1.165, 1.54) is 11.8 Å². The van der Waals surface area contributed by atoms with Crippen molar-refractivity contribution in [2.24, 2.45) is 5.41 Å². The number of aliphatic hydroxyl groups is 1. The molecule has 10 heteroatoms. The molecule has 2 N–H and O–H groups in total. The second kappa shape index (κ2) is 10.8. The molecule has 2 aromatic rings. The Morgan fingerprint density at radius 3 is 2.27 bits per heavy atom. The highest BCUT2D eigenvalue weighted by Crippen LogP contribution is 2.53. The van der Waals surface area contributed by atoms with Crippen molar-refractivity contribution in [1.82, 2.24) is 4.90 Å². The first kappa shape index (κ1) is 29.3. The summed E-state index contributed by atoms with van der Waals surface area (Å²) in [6.07, 6.45) is -5.96. The van der Waals surface area contributed by atoms with Crippen LogP contribution in [-0.4, -0.2) is 44.8 Å². The van der Waals surface area contributed by atoms with Gasteiger partial charge in [0, 0.05) is 28.4 Å². The van der Waals surface area contributed by atoms with Gasteiger partial charge in [0.05, 0.1) is 17.9 Å². The second-order valence-corrected chi connectivity index (χ2v) is 11.1. The van der Waals surface area contributed by atoms with Gasteiger partial charge in [0.25, 0.3) is 0 Å². The number of carbonyl (C=O) groups excluding carboxylic acids is 1. The number of hydrogen-bond acceptors (Lipinski definition) is 3. The monoisotopic (exact) mass is 559 g/mol. The topological polar surface area (TPSA) is 77.8 Å². The Labute approximate surface area is 224 Å². The molecule has 1 aliphatic rings. The predicted molar refractivity (Wildman–Crippen MR) is 136 cm³/mol. The smallest absolute Gasteiger partial charge is 0.416 e. The molecule has 5 atom stereocenters. The maximum absolute atomic E-state index is 14.1. The van der Waals surface area contributed by atoms with Crippen molar-refractivity contribution >= 4 is 35.1 Å². The zero-order chi connectivity index (χ0) is 27.8. The van der Waals surface area contributed by atoms with E-state index < -0.39 is 59.9 Å². The molecule has 3 rings (SSSR count). The number of amides is 1. The molecule has 0 aliphatic carbocycles. The third-order valence-electron chi connectivity index (χ3n) is 7.24. The van der Waals surface area contributed by atoms with Gasteiger partial charge in [-0.05, 0) is 55.2 Å². The third-order valence-corrected chi connectivity index (χ3v) is 7.73. The number of nitrogens with zero attached hydrogens (tertiary/aromatic N) is 1. The van der Waals surface area contributed by atoms with Crippen LogP contribution >= 0.6 is 23.2 Å².